The lowest BCUT2D eigenvalue weighted by Crippen LogP contribution is -2.49. The molecular weight excluding hydrogens is 374 g/mol. The van der Waals surface area contributed by atoms with Crippen LogP contribution in [0.25, 0.3) is 0 Å². The first-order valence-electron chi connectivity index (χ1n) is 11.0. The van der Waals surface area contributed by atoms with E-state index in [4.69, 9.17) is 0 Å². The van der Waals surface area contributed by atoms with Crippen LogP contribution < -0.4 is 5.32 Å². The van der Waals surface area contributed by atoms with E-state index in [-0.39, 0.29) is 17.9 Å². The van der Waals surface area contributed by atoms with E-state index in [9.17, 15) is 9.59 Å². The van der Waals surface area contributed by atoms with Crippen molar-refractivity contribution in [2.45, 2.75) is 52.1 Å². The van der Waals surface area contributed by atoms with Crippen molar-refractivity contribution in [3.05, 3.63) is 65.7 Å². The summed E-state index contributed by atoms with van der Waals surface area (Å²) in [6.07, 6.45) is 4.05. The summed E-state index contributed by atoms with van der Waals surface area (Å²) in [5.74, 6) is 0.0275. The second kappa shape index (κ2) is 10.9. The standard InChI is InChI=1S/C25H33N3O2/c1-3-4-16-28(25(30)26-23-12-10-22(11-13-23)20(2)29)24-14-17-27(18-15-24)19-21-8-6-5-7-9-21/h5-13,24H,3-4,14-19H2,1-2H3,(H,26,30). The molecule has 0 radical (unpaired) electrons. The summed E-state index contributed by atoms with van der Waals surface area (Å²) in [5.41, 5.74) is 2.72. The molecule has 1 aliphatic heterocycles. The Kier molecular flexibility index (Phi) is 8.03. The molecule has 0 saturated carbocycles. The predicted octanol–water partition coefficient (Wildman–Crippen LogP) is 5.19. The average molecular weight is 408 g/mol. The molecule has 3 rings (SSSR count). The number of unbranched alkanes of at least 4 members (excludes halogenated alkanes) is 1. The third kappa shape index (κ3) is 6.17. The average Bonchev–Trinajstić information content (AvgIpc) is 2.76. The van der Waals surface area contributed by atoms with Gasteiger partial charge in [-0.25, -0.2) is 4.79 Å². The number of urea groups is 1. The van der Waals surface area contributed by atoms with Gasteiger partial charge in [-0.3, -0.25) is 9.69 Å². The van der Waals surface area contributed by atoms with Crippen LogP contribution in [0, 0.1) is 0 Å². The molecule has 2 amide bonds. The van der Waals surface area contributed by atoms with Gasteiger partial charge in [0.2, 0.25) is 0 Å². The number of nitrogens with zero attached hydrogens (tertiary/aromatic N) is 2. The zero-order chi connectivity index (χ0) is 21.3. The molecule has 0 unspecified atom stereocenters. The van der Waals surface area contributed by atoms with Crippen molar-refractivity contribution in [2.24, 2.45) is 0 Å². The van der Waals surface area contributed by atoms with Crippen LogP contribution in [0.15, 0.2) is 54.6 Å². The van der Waals surface area contributed by atoms with Crippen LogP contribution in [-0.4, -0.2) is 47.3 Å². The molecule has 0 bridgehead atoms. The summed E-state index contributed by atoms with van der Waals surface area (Å²) in [4.78, 5) is 29.0. The first kappa shape index (κ1) is 22.0. The number of ketones is 1. The molecule has 1 N–H and O–H groups in total. The number of benzene rings is 2. The topological polar surface area (TPSA) is 52.7 Å². The van der Waals surface area contributed by atoms with Crippen LogP contribution in [0.5, 0.6) is 0 Å². The third-order valence-electron chi connectivity index (χ3n) is 5.80. The van der Waals surface area contributed by atoms with Crippen molar-refractivity contribution in [2.75, 3.05) is 25.0 Å². The molecule has 30 heavy (non-hydrogen) atoms. The first-order valence-corrected chi connectivity index (χ1v) is 11.0. The number of anilines is 1. The highest BCUT2D eigenvalue weighted by Crippen LogP contribution is 2.21. The lowest BCUT2D eigenvalue weighted by atomic mass is 10.0. The van der Waals surface area contributed by atoms with Gasteiger partial charge in [-0.2, -0.15) is 0 Å². The lowest BCUT2D eigenvalue weighted by Gasteiger charge is -2.38. The Morgan fingerprint density at radius 2 is 1.70 bits per heavy atom. The highest BCUT2D eigenvalue weighted by Gasteiger charge is 2.27. The van der Waals surface area contributed by atoms with Gasteiger partial charge in [-0.15, -0.1) is 0 Å². The van der Waals surface area contributed by atoms with Crippen molar-refractivity contribution in [3.63, 3.8) is 0 Å². The van der Waals surface area contributed by atoms with Crippen LogP contribution in [-0.2, 0) is 6.54 Å². The van der Waals surface area contributed by atoms with Gasteiger partial charge in [0.15, 0.2) is 5.78 Å². The Morgan fingerprint density at radius 3 is 2.30 bits per heavy atom. The number of hydrogen-bond donors (Lipinski definition) is 1. The van der Waals surface area contributed by atoms with E-state index in [2.05, 4.69) is 41.4 Å². The highest BCUT2D eigenvalue weighted by molar-refractivity contribution is 5.95. The number of carbonyl (C=O) groups is 2. The van der Waals surface area contributed by atoms with E-state index < -0.39 is 0 Å². The Bertz CT molecular complexity index is 812. The fourth-order valence-corrected chi connectivity index (χ4v) is 3.99. The molecule has 0 atom stereocenters. The van der Waals surface area contributed by atoms with Crippen molar-refractivity contribution in [3.8, 4) is 0 Å². The normalized spacial score (nSPS) is 15.0. The Balaban J connectivity index is 1.58. The van der Waals surface area contributed by atoms with Crippen LogP contribution >= 0.6 is 0 Å². The maximum absolute atomic E-state index is 13.0. The van der Waals surface area contributed by atoms with Crippen molar-refractivity contribution in [1.82, 2.24) is 9.80 Å². The van der Waals surface area contributed by atoms with Gasteiger partial charge >= 0.3 is 6.03 Å². The van der Waals surface area contributed by atoms with Crippen LogP contribution in [0.1, 0.15) is 55.5 Å². The molecule has 2 aromatic rings. The SMILES string of the molecule is CCCCN(C(=O)Nc1ccc(C(C)=O)cc1)C1CCN(Cc2ccccc2)CC1. The number of nitrogens with one attached hydrogen (secondary N) is 1. The number of amides is 2. The summed E-state index contributed by atoms with van der Waals surface area (Å²) < 4.78 is 0. The van der Waals surface area contributed by atoms with Gasteiger partial charge in [0.25, 0.3) is 0 Å². The molecule has 160 valence electrons. The Morgan fingerprint density at radius 1 is 1.03 bits per heavy atom. The smallest absolute Gasteiger partial charge is 0.321 e. The van der Waals surface area contributed by atoms with Gasteiger partial charge in [0.05, 0.1) is 0 Å². The van der Waals surface area contributed by atoms with E-state index in [1.54, 1.807) is 31.2 Å². The third-order valence-corrected chi connectivity index (χ3v) is 5.80. The zero-order valence-corrected chi connectivity index (χ0v) is 18.1. The van der Waals surface area contributed by atoms with E-state index in [0.717, 1.165) is 57.5 Å². The monoisotopic (exact) mass is 407 g/mol. The van der Waals surface area contributed by atoms with Crippen molar-refractivity contribution < 1.29 is 9.59 Å². The Hall–Kier alpha value is -2.66. The van der Waals surface area contributed by atoms with Crippen LogP contribution in [0.4, 0.5) is 10.5 Å². The van der Waals surface area contributed by atoms with Gasteiger partial charge in [-0.05, 0) is 56.0 Å². The number of Topliss-reactive ketones (excluding diaryl/α,β-unsaturated/α-hetero) is 1. The number of hydrogen-bond acceptors (Lipinski definition) is 3. The molecule has 0 aliphatic carbocycles. The van der Waals surface area contributed by atoms with Crippen molar-refractivity contribution in [1.29, 1.82) is 0 Å². The largest absolute Gasteiger partial charge is 0.322 e. The number of likely N-dealkylation sites (tertiary alicyclic amines) is 1. The van der Waals surface area contributed by atoms with Gasteiger partial charge in [0, 0.05) is 43.5 Å². The Labute approximate surface area is 180 Å². The predicted molar refractivity (Wildman–Crippen MR) is 122 cm³/mol. The van der Waals surface area contributed by atoms with Crippen molar-refractivity contribution >= 4 is 17.5 Å². The van der Waals surface area contributed by atoms with Crippen LogP contribution in [0.3, 0.4) is 0 Å². The maximum Gasteiger partial charge on any atom is 0.322 e. The summed E-state index contributed by atoms with van der Waals surface area (Å²) >= 11 is 0. The fourth-order valence-electron chi connectivity index (χ4n) is 3.99. The van der Waals surface area contributed by atoms with E-state index >= 15 is 0 Å². The minimum absolute atomic E-state index is 0.0275. The molecule has 0 aromatic heterocycles. The molecule has 1 heterocycles. The summed E-state index contributed by atoms with van der Waals surface area (Å²) in [6.45, 7) is 7.45. The van der Waals surface area contributed by atoms with Gasteiger partial charge in [-0.1, -0.05) is 43.7 Å². The van der Waals surface area contributed by atoms with Gasteiger partial charge < -0.3 is 10.2 Å². The van der Waals surface area contributed by atoms with Gasteiger partial charge in [0.1, 0.15) is 0 Å². The molecule has 1 fully saturated rings. The summed E-state index contributed by atoms with van der Waals surface area (Å²) in [7, 11) is 0. The van der Waals surface area contributed by atoms with E-state index in [0.29, 0.717) is 5.56 Å². The molecule has 1 saturated heterocycles. The minimum atomic E-state index is -0.0412. The number of rotatable bonds is 8. The molecular formula is C25H33N3O2. The molecule has 0 spiro atoms. The maximum atomic E-state index is 13.0. The van der Waals surface area contributed by atoms with E-state index in [1.807, 2.05) is 11.0 Å². The van der Waals surface area contributed by atoms with E-state index in [1.165, 1.54) is 5.56 Å². The number of piperidine rings is 1. The zero-order valence-electron chi connectivity index (χ0n) is 18.1. The second-order valence-corrected chi connectivity index (χ2v) is 8.10. The first-order chi connectivity index (χ1) is 14.6. The molecule has 5 heteroatoms. The summed E-state index contributed by atoms with van der Waals surface area (Å²) in [5, 5.41) is 3.03. The minimum Gasteiger partial charge on any atom is -0.321 e. The second-order valence-electron chi connectivity index (χ2n) is 8.10. The quantitative estimate of drug-likeness (QED) is 0.613. The lowest BCUT2D eigenvalue weighted by molar-refractivity contribution is 0.101. The number of carbonyl (C=O) groups excluding carboxylic acids is 2. The molecule has 2 aromatic carbocycles. The highest BCUT2D eigenvalue weighted by atomic mass is 16.2. The summed E-state index contributed by atoms with van der Waals surface area (Å²) in [6, 6.07) is 17.9. The molecule has 5 nitrogen and oxygen atoms in total. The molecule has 1 aliphatic rings. The fraction of sp³-hybridized carbons (Fsp3) is 0.440. The van der Waals surface area contributed by atoms with Crippen LogP contribution in [0.2, 0.25) is 0 Å².